The predicted molar refractivity (Wildman–Crippen MR) is 132 cm³/mol. The minimum Gasteiger partial charge on any atom is -0.494 e. The summed E-state index contributed by atoms with van der Waals surface area (Å²) in [4.78, 5) is 17.3. The second kappa shape index (κ2) is 9.97. The van der Waals surface area contributed by atoms with Gasteiger partial charge in [0.25, 0.3) is 5.56 Å². The molecule has 0 atom stereocenters. The zero-order valence-electron chi connectivity index (χ0n) is 18.8. The van der Waals surface area contributed by atoms with E-state index in [1.807, 2.05) is 19.9 Å². The van der Waals surface area contributed by atoms with Gasteiger partial charge in [-0.25, -0.2) is 13.4 Å². The first-order chi connectivity index (χ1) is 16.3. The molecule has 0 spiro atoms. The van der Waals surface area contributed by atoms with Crippen LogP contribution in [0.25, 0.3) is 5.65 Å². The molecule has 2 aromatic carbocycles. The Morgan fingerprint density at radius 2 is 1.76 bits per heavy atom. The Hall–Kier alpha value is -3.20. The highest BCUT2D eigenvalue weighted by atomic mass is 35.5. The molecule has 0 bridgehead atoms. The highest BCUT2D eigenvalue weighted by Crippen LogP contribution is 2.25. The molecule has 34 heavy (non-hydrogen) atoms. The first kappa shape index (κ1) is 23.9. The van der Waals surface area contributed by atoms with Crippen LogP contribution < -0.4 is 10.3 Å². The molecule has 0 saturated heterocycles. The SMILES string of the molecule is CCOc1ccc(S(=O)(=O)N(Cc2cc(=O)n3ccc(C)cc3n2)Cc2ccccc2Cl)cc1. The molecule has 0 N–H and O–H groups in total. The maximum absolute atomic E-state index is 13.7. The average Bonchev–Trinajstić information content (AvgIpc) is 2.80. The number of hydrogen-bond acceptors (Lipinski definition) is 5. The van der Waals surface area contributed by atoms with Crippen LogP contribution in [0.5, 0.6) is 5.75 Å². The highest BCUT2D eigenvalue weighted by molar-refractivity contribution is 7.89. The van der Waals surface area contributed by atoms with Crippen molar-refractivity contribution in [2.45, 2.75) is 31.8 Å². The van der Waals surface area contributed by atoms with E-state index in [0.717, 1.165) is 5.56 Å². The van der Waals surface area contributed by atoms with Crippen LogP contribution in [0.3, 0.4) is 0 Å². The summed E-state index contributed by atoms with van der Waals surface area (Å²) >= 11 is 6.34. The number of rotatable bonds is 8. The van der Waals surface area contributed by atoms with Crippen LogP contribution in [0.4, 0.5) is 0 Å². The van der Waals surface area contributed by atoms with Gasteiger partial charge in [0.05, 0.1) is 23.7 Å². The van der Waals surface area contributed by atoms with E-state index < -0.39 is 10.0 Å². The summed E-state index contributed by atoms with van der Waals surface area (Å²) in [5.74, 6) is 0.582. The fraction of sp³-hybridized carbons (Fsp3) is 0.200. The van der Waals surface area contributed by atoms with Gasteiger partial charge >= 0.3 is 0 Å². The summed E-state index contributed by atoms with van der Waals surface area (Å²) in [7, 11) is -3.95. The number of benzene rings is 2. The third-order valence-corrected chi connectivity index (χ3v) is 7.47. The molecule has 176 valence electrons. The maximum atomic E-state index is 13.7. The summed E-state index contributed by atoms with van der Waals surface area (Å²) in [5.41, 5.74) is 2.11. The summed E-state index contributed by atoms with van der Waals surface area (Å²) in [6.07, 6.45) is 1.65. The standard InChI is InChI=1S/C25H24ClN3O4S/c1-3-33-21-8-10-22(11-9-21)34(31,32)28(16-19-6-4-5-7-23(19)26)17-20-15-25(30)29-13-12-18(2)14-24(29)27-20/h4-15H,3,16-17H2,1-2H3. The Kier molecular flexibility index (Phi) is 7.02. The molecule has 0 aliphatic rings. The minimum atomic E-state index is -3.95. The van der Waals surface area contributed by atoms with Crippen molar-refractivity contribution in [3.63, 3.8) is 0 Å². The fourth-order valence-electron chi connectivity index (χ4n) is 3.58. The Morgan fingerprint density at radius 1 is 1.03 bits per heavy atom. The van der Waals surface area contributed by atoms with Gasteiger partial charge in [-0.15, -0.1) is 0 Å². The molecule has 4 rings (SSSR count). The van der Waals surface area contributed by atoms with Crippen molar-refractivity contribution in [1.82, 2.24) is 13.7 Å². The largest absolute Gasteiger partial charge is 0.494 e. The van der Waals surface area contributed by atoms with Crippen LogP contribution in [0.15, 0.2) is 82.6 Å². The lowest BCUT2D eigenvalue weighted by atomic mass is 10.2. The number of pyridine rings is 1. The molecule has 2 aromatic heterocycles. The monoisotopic (exact) mass is 497 g/mol. The van der Waals surface area contributed by atoms with Crippen molar-refractivity contribution in [1.29, 1.82) is 0 Å². The topological polar surface area (TPSA) is 81.0 Å². The average molecular weight is 498 g/mol. The molecule has 2 heterocycles. The summed E-state index contributed by atoms with van der Waals surface area (Å²) in [6, 6.07) is 18.3. The molecule has 0 radical (unpaired) electrons. The van der Waals surface area contributed by atoms with Crippen molar-refractivity contribution in [2.75, 3.05) is 6.61 Å². The van der Waals surface area contributed by atoms with Crippen molar-refractivity contribution in [3.8, 4) is 5.75 Å². The summed E-state index contributed by atoms with van der Waals surface area (Å²) in [6.45, 7) is 4.16. The third-order valence-electron chi connectivity index (χ3n) is 5.29. The smallest absolute Gasteiger partial charge is 0.258 e. The normalized spacial score (nSPS) is 11.8. The van der Waals surface area contributed by atoms with Crippen molar-refractivity contribution < 1.29 is 13.2 Å². The quantitative estimate of drug-likeness (QED) is 0.359. The third kappa shape index (κ3) is 5.14. The second-order valence-electron chi connectivity index (χ2n) is 7.79. The van der Waals surface area contributed by atoms with Crippen molar-refractivity contribution in [3.05, 3.63) is 105 Å². The molecular formula is C25H24ClN3O4S. The van der Waals surface area contributed by atoms with Crippen LogP contribution in [0, 0.1) is 6.92 Å². The van der Waals surface area contributed by atoms with Crippen molar-refractivity contribution >= 4 is 27.3 Å². The summed E-state index contributed by atoms with van der Waals surface area (Å²) in [5, 5.41) is 0.455. The molecule has 0 aliphatic carbocycles. The number of halogens is 1. The first-order valence-corrected chi connectivity index (χ1v) is 12.5. The van der Waals surface area contributed by atoms with Crippen LogP contribution in [0.1, 0.15) is 23.7 Å². The minimum absolute atomic E-state index is 0.0179. The van der Waals surface area contributed by atoms with Gasteiger partial charge in [-0.05, 0) is 67.4 Å². The number of ether oxygens (including phenoxy) is 1. The number of aryl methyl sites for hydroxylation is 1. The number of hydrogen-bond donors (Lipinski definition) is 0. The van der Waals surface area contributed by atoms with E-state index in [0.29, 0.717) is 34.3 Å². The van der Waals surface area contributed by atoms with Crippen LogP contribution in [-0.4, -0.2) is 28.7 Å². The Balaban J connectivity index is 1.76. The number of fused-ring (bicyclic) bond motifs is 1. The zero-order chi connectivity index (χ0) is 24.3. The van der Waals surface area contributed by atoms with E-state index in [9.17, 15) is 13.2 Å². The highest BCUT2D eigenvalue weighted by Gasteiger charge is 2.26. The van der Waals surface area contributed by atoms with Gasteiger partial charge in [-0.2, -0.15) is 4.31 Å². The first-order valence-electron chi connectivity index (χ1n) is 10.7. The number of nitrogens with zero attached hydrogens (tertiary/aromatic N) is 3. The molecule has 4 aromatic rings. The predicted octanol–water partition coefficient (Wildman–Crippen LogP) is 4.45. The molecule has 0 fully saturated rings. The molecule has 9 heteroatoms. The molecule has 0 aliphatic heterocycles. The van der Waals surface area contributed by atoms with E-state index in [2.05, 4.69) is 4.98 Å². The van der Waals surface area contributed by atoms with Crippen LogP contribution in [-0.2, 0) is 23.1 Å². The Morgan fingerprint density at radius 3 is 2.47 bits per heavy atom. The lowest BCUT2D eigenvalue weighted by molar-refractivity contribution is 0.340. The van der Waals surface area contributed by atoms with Crippen LogP contribution in [0.2, 0.25) is 5.02 Å². The molecule has 0 saturated carbocycles. The molecule has 7 nitrogen and oxygen atoms in total. The van der Waals surface area contributed by atoms with E-state index in [4.69, 9.17) is 16.3 Å². The zero-order valence-corrected chi connectivity index (χ0v) is 20.4. The van der Waals surface area contributed by atoms with E-state index in [-0.39, 0.29) is 23.5 Å². The molecular weight excluding hydrogens is 474 g/mol. The number of sulfonamides is 1. The second-order valence-corrected chi connectivity index (χ2v) is 10.1. The maximum Gasteiger partial charge on any atom is 0.258 e. The van der Waals surface area contributed by atoms with E-state index in [1.54, 1.807) is 48.7 Å². The van der Waals surface area contributed by atoms with Crippen LogP contribution >= 0.6 is 11.6 Å². The molecule has 0 amide bonds. The van der Waals surface area contributed by atoms with Gasteiger partial charge in [-0.3, -0.25) is 9.20 Å². The van der Waals surface area contributed by atoms with Gasteiger partial charge in [0, 0.05) is 23.8 Å². The van der Waals surface area contributed by atoms with Gasteiger partial charge in [-0.1, -0.05) is 29.8 Å². The number of aromatic nitrogens is 2. The Labute approximate surface area is 203 Å². The van der Waals surface area contributed by atoms with Gasteiger partial charge in [0.1, 0.15) is 11.4 Å². The van der Waals surface area contributed by atoms with Gasteiger partial charge in [0.2, 0.25) is 10.0 Å². The lowest BCUT2D eigenvalue weighted by Gasteiger charge is -2.23. The van der Waals surface area contributed by atoms with E-state index >= 15 is 0 Å². The van der Waals surface area contributed by atoms with Gasteiger partial charge < -0.3 is 4.74 Å². The fourth-order valence-corrected chi connectivity index (χ4v) is 5.17. The summed E-state index contributed by atoms with van der Waals surface area (Å²) < 4.78 is 35.4. The molecule has 0 unspecified atom stereocenters. The van der Waals surface area contributed by atoms with E-state index in [1.165, 1.54) is 26.9 Å². The lowest BCUT2D eigenvalue weighted by Crippen LogP contribution is -2.31. The van der Waals surface area contributed by atoms with Crippen molar-refractivity contribution in [2.24, 2.45) is 0 Å². The van der Waals surface area contributed by atoms with Gasteiger partial charge in [0.15, 0.2) is 0 Å². The Bertz CT molecular complexity index is 1480.